The van der Waals surface area contributed by atoms with E-state index in [1.807, 2.05) is 0 Å². The van der Waals surface area contributed by atoms with Crippen molar-refractivity contribution in [2.45, 2.75) is 0 Å². The number of rotatable bonds is 4. The second kappa shape index (κ2) is 5.85. The van der Waals surface area contributed by atoms with Crippen LogP contribution in [0.15, 0.2) is 24.4 Å². The van der Waals surface area contributed by atoms with E-state index < -0.39 is 27.1 Å². The Morgan fingerprint density at radius 2 is 1.76 bits per heavy atom. The highest BCUT2D eigenvalue weighted by atomic mass is 35.5. The van der Waals surface area contributed by atoms with Crippen LogP contribution in [-0.2, 0) is 0 Å². The Balaban J connectivity index is 2.55. The zero-order chi connectivity index (χ0) is 15.6. The Labute approximate surface area is 126 Å². The van der Waals surface area contributed by atoms with Gasteiger partial charge < -0.3 is 4.74 Å². The number of para-hydroxylation sites is 1. The van der Waals surface area contributed by atoms with Gasteiger partial charge in [0.1, 0.15) is 6.20 Å². The molecule has 0 aliphatic rings. The van der Waals surface area contributed by atoms with Crippen LogP contribution in [0.2, 0.25) is 10.3 Å². The third-order valence-electron chi connectivity index (χ3n) is 2.24. The van der Waals surface area contributed by atoms with Crippen molar-refractivity contribution < 1.29 is 14.6 Å². The lowest BCUT2D eigenvalue weighted by atomic mass is 10.3. The van der Waals surface area contributed by atoms with Crippen LogP contribution in [0, 0.1) is 20.2 Å². The zero-order valence-electron chi connectivity index (χ0n) is 9.90. The normalized spacial score (nSPS) is 10.2. The lowest BCUT2D eigenvalue weighted by Crippen LogP contribution is -2.00. The molecule has 0 amide bonds. The monoisotopic (exact) mass is 330 g/mol. The van der Waals surface area contributed by atoms with Crippen molar-refractivity contribution in [3.05, 3.63) is 54.9 Å². The van der Waals surface area contributed by atoms with E-state index in [0.717, 1.165) is 12.3 Å². The van der Waals surface area contributed by atoms with E-state index in [9.17, 15) is 20.2 Å². The number of nitro groups is 2. The number of ether oxygens (including phenoxy) is 1. The molecule has 0 bridgehead atoms. The summed E-state index contributed by atoms with van der Waals surface area (Å²) in [5.74, 6) is -0.918. The molecule has 2 aromatic rings. The van der Waals surface area contributed by atoms with Crippen molar-refractivity contribution in [3.8, 4) is 11.6 Å². The molecule has 0 spiro atoms. The molecule has 0 unspecified atom stereocenters. The van der Waals surface area contributed by atoms with Gasteiger partial charge in [0.15, 0.2) is 0 Å². The first-order valence-corrected chi connectivity index (χ1v) is 5.93. The van der Waals surface area contributed by atoms with Crippen LogP contribution in [-0.4, -0.2) is 19.8 Å². The van der Waals surface area contributed by atoms with Crippen molar-refractivity contribution >= 4 is 34.6 Å². The molecular formula is C10H4Cl2N4O5. The summed E-state index contributed by atoms with van der Waals surface area (Å²) in [6, 6.07) is 3.81. The molecule has 21 heavy (non-hydrogen) atoms. The average Bonchev–Trinajstić information content (AvgIpc) is 2.40. The minimum absolute atomic E-state index is 0.103. The lowest BCUT2D eigenvalue weighted by molar-refractivity contribution is -0.387. The first-order valence-electron chi connectivity index (χ1n) is 5.18. The Hall–Kier alpha value is -2.52. The summed E-state index contributed by atoms with van der Waals surface area (Å²) in [5, 5.41) is 21.4. The number of nitro benzene ring substituents is 1. The van der Waals surface area contributed by atoms with Crippen molar-refractivity contribution in [2.24, 2.45) is 0 Å². The van der Waals surface area contributed by atoms with Gasteiger partial charge in [-0.1, -0.05) is 17.7 Å². The van der Waals surface area contributed by atoms with E-state index in [0.29, 0.717) is 0 Å². The minimum atomic E-state index is -0.811. The van der Waals surface area contributed by atoms with Gasteiger partial charge in [-0.25, -0.2) is 4.98 Å². The number of nitrogens with zero attached hydrogens (tertiary/aromatic N) is 4. The van der Waals surface area contributed by atoms with Crippen LogP contribution >= 0.6 is 23.2 Å². The fourth-order valence-electron chi connectivity index (χ4n) is 1.38. The molecule has 0 atom stereocenters. The molecule has 0 N–H and O–H groups in total. The van der Waals surface area contributed by atoms with Crippen LogP contribution in [0.4, 0.5) is 11.4 Å². The van der Waals surface area contributed by atoms with Gasteiger partial charge in [-0.05, 0) is 17.7 Å². The summed E-state index contributed by atoms with van der Waals surface area (Å²) in [4.78, 5) is 27.2. The maximum atomic E-state index is 10.9. The standard InChI is InChI=1S/C10H4Cl2N4O5/c11-5-2-1-3-6(15(17)18)8(5)21-9-7(16(19)20)4-13-10(12)14-9/h1-4H. The Bertz CT molecular complexity index is 739. The maximum absolute atomic E-state index is 10.9. The molecule has 0 saturated carbocycles. The summed E-state index contributed by atoms with van der Waals surface area (Å²) >= 11 is 11.4. The lowest BCUT2D eigenvalue weighted by Gasteiger charge is -2.07. The molecule has 0 aliphatic heterocycles. The van der Waals surface area contributed by atoms with E-state index in [4.69, 9.17) is 27.9 Å². The van der Waals surface area contributed by atoms with Crippen LogP contribution in [0.25, 0.3) is 0 Å². The van der Waals surface area contributed by atoms with Gasteiger partial charge in [-0.2, -0.15) is 4.98 Å². The minimum Gasteiger partial charge on any atom is -0.425 e. The first kappa shape index (κ1) is 14.9. The van der Waals surface area contributed by atoms with Crippen LogP contribution in [0.3, 0.4) is 0 Å². The van der Waals surface area contributed by atoms with Crippen LogP contribution in [0.5, 0.6) is 11.6 Å². The topological polar surface area (TPSA) is 121 Å². The van der Waals surface area contributed by atoms with Crippen molar-refractivity contribution in [2.75, 3.05) is 0 Å². The SMILES string of the molecule is O=[N+]([O-])c1cnc(Cl)nc1Oc1c(Cl)cccc1[N+](=O)[O-]. The molecule has 1 heterocycles. The Morgan fingerprint density at radius 1 is 1.10 bits per heavy atom. The molecule has 11 heteroatoms. The molecule has 0 radical (unpaired) electrons. The molecule has 1 aromatic carbocycles. The van der Waals surface area contributed by atoms with Gasteiger partial charge in [-0.15, -0.1) is 0 Å². The van der Waals surface area contributed by atoms with E-state index in [2.05, 4.69) is 9.97 Å². The molecule has 0 saturated heterocycles. The predicted molar refractivity (Wildman–Crippen MR) is 71.9 cm³/mol. The highest BCUT2D eigenvalue weighted by molar-refractivity contribution is 6.32. The second-order valence-electron chi connectivity index (χ2n) is 3.53. The molecule has 1 aromatic heterocycles. The third kappa shape index (κ3) is 3.15. The van der Waals surface area contributed by atoms with Crippen molar-refractivity contribution in [1.29, 1.82) is 0 Å². The van der Waals surface area contributed by atoms with Gasteiger partial charge in [0.05, 0.1) is 14.9 Å². The van der Waals surface area contributed by atoms with Crippen LogP contribution < -0.4 is 4.74 Å². The third-order valence-corrected chi connectivity index (χ3v) is 2.72. The number of aromatic nitrogens is 2. The van der Waals surface area contributed by atoms with Gasteiger partial charge in [0, 0.05) is 6.07 Å². The predicted octanol–water partition coefficient (Wildman–Crippen LogP) is 3.39. The number of benzene rings is 1. The fraction of sp³-hybridized carbons (Fsp3) is 0. The summed E-state index contributed by atoms with van der Waals surface area (Å²) < 4.78 is 5.12. The highest BCUT2D eigenvalue weighted by Gasteiger charge is 2.25. The second-order valence-corrected chi connectivity index (χ2v) is 4.28. The number of hydrogen-bond donors (Lipinski definition) is 0. The zero-order valence-corrected chi connectivity index (χ0v) is 11.4. The number of hydrogen-bond acceptors (Lipinski definition) is 7. The van der Waals surface area contributed by atoms with E-state index >= 15 is 0 Å². The highest BCUT2D eigenvalue weighted by Crippen LogP contribution is 2.39. The summed E-state index contributed by atoms with van der Waals surface area (Å²) in [6.45, 7) is 0. The summed E-state index contributed by atoms with van der Waals surface area (Å²) in [5.41, 5.74) is -1.07. The number of halogens is 2. The molecule has 9 nitrogen and oxygen atoms in total. The van der Waals surface area contributed by atoms with Gasteiger partial charge in [0.2, 0.25) is 11.0 Å². The summed E-state index contributed by atoms with van der Waals surface area (Å²) in [6.07, 6.45) is 0.827. The van der Waals surface area contributed by atoms with Gasteiger partial charge >= 0.3 is 17.3 Å². The molecule has 2 rings (SSSR count). The Kier molecular flexibility index (Phi) is 4.15. The maximum Gasteiger partial charge on any atom is 0.349 e. The largest absolute Gasteiger partial charge is 0.425 e. The van der Waals surface area contributed by atoms with Gasteiger partial charge in [0.25, 0.3) is 0 Å². The molecule has 0 fully saturated rings. The first-order chi connectivity index (χ1) is 9.90. The molecular weight excluding hydrogens is 327 g/mol. The summed E-state index contributed by atoms with van der Waals surface area (Å²) in [7, 11) is 0. The van der Waals surface area contributed by atoms with E-state index in [1.165, 1.54) is 12.1 Å². The van der Waals surface area contributed by atoms with Crippen molar-refractivity contribution in [3.63, 3.8) is 0 Å². The Morgan fingerprint density at radius 3 is 2.38 bits per heavy atom. The van der Waals surface area contributed by atoms with Crippen LogP contribution in [0.1, 0.15) is 0 Å². The molecule has 108 valence electrons. The fourth-order valence-corrected chi connectivity index (χ4v) is 1.71. The van der Waals surface area contributed by atoms with E-state index in [-0.39, 0.29) is 16.1 Å². The smallest absolute Gasteiger partial charge is 0.349 e. The van der Waals surface area contributed by atoms with Gasteiger partial charge in [-0.3, -0.25) is 20.2 Å². The molecule has 0 aliphatic carbocycles. The average molecular weight is 331 g/mol. The van der Waals surface area contributed by atoms with E-state index in [1.54, 1.807) is 0 Å². The van der Waals surface area contributed by atoms with Crippen molar-refractivity contribution in [1.82, 2.24) is 9.97 Å². The quantitative estimate of drug-likeness (QED) is 0.478.